The predicted molar refractivity (Wildman–Crippen MR) is 112 cm³/mol. The number of hydrogen-bond donors (Lipinski definition) is 2. The Labute approximate surface area is 176 Å². The van der Waals surface area contributed by atoms with Crippen molar-refractivity contribution in [1.82, 2.24) is 15.5 Å². The Morgan fingerprint density at radius 2 is 1.76 bits per heavy atom. The summed E-state index contributed by atoms with van der Waals surface area (Å²) in [7, 11) is 0. The summed E-state index contributed by atoms with van der Waals surface area (Å²) in [5.74, 6) is 1.14. The largest absolute Gasteiger partial charge is 0.466 e. The third-order valence-electron chi connectivity index (χ3n) is 5.37. The molecule has 2 N–H and O–H groups in total. The minimum atomic E-state index is -0.608. The minimum Gasteiger partial charge on any atom is -0.466 e. The fraction of sp³-hybridized carbons (Fsp3) is 0.455. The molecule has 29 heavy (non-hydrogen) atoms. The van der Waals surface area contributed by atoms with Crippen LogP contribution in [0.3, 0.4) is 0 Å². The first-order valence-corrected chi connectivity index (χ1v) is 10.4. The Kier molecular flexibility index (Phi) is 7.34. The zero-order valence-electron chi connectivity index (χ0n) is 17.0. The number of halogens is 1. The lowest BCUT2D eigenvalue weighted by molar-refractivity contribution is -0.139. The highest BCUT2D eigenvalue weighted by Crippen LogP contribution is 2.21. The molecule has 7 heteroatoms. The van der Waals surface area contributed by atoms with Crippen molar-refractivity contribution in [3.63, 3.8) is 0 Å². The highest BCUT2D eigenvalue weighted by Gasteiger charge is 2.22. The van der Waals surface area contributed by atoms with Crippen molar-refractivity contribution >= 4 is 23.4 Å². The number of hydrogen-bond acceptors (Lipinski definition) is 4. The van der Waals surface area contributed by atoms with Crippen LogP contribution >= 0.6 is 11.6 Å². The molecule has 2 aromatic rings. The van der Waals surface area contributed by atoms with Crippen LogP contribution in [-0.2, 0) is 22.7 Å². The van der Waals surface area contributed by atoms with Gasteiger partial charge in [-0.1, -0.05) is 23.7 Å². The summed E-state index contributed by atoms with van der Waals surface area (Å²) in [5.41, 5.74) is 2.14. The zero-order valence-corrected chi connectivity index (χ0v) is 17.7. The van der Waals surface area contributed by atoms with Crippen molar-refractivity contribution in [3.05, 3.63) is 58.0 Å². The van der Waals surface area contributed by atoms with E-state index in [2.05, 4.69) is 21.6 Å². The number of furan rings is 1. The average Bonchev–Trinajstić information content (AvgIpc) is 3.03. The Bertz CT molecular complexity index is 839. The SMILES string of the molecule is Cc1cc(CN2CCC(CNC(=O)C(=O)NCc3ccc(Cl)cc3)CC2)c(C)o1. The van der Waals surface area contributed by atoms with Crippen LogP contribution in [0.4, 0.5) is 0 Å². The second kappa shape index (κ2) is 9.94. The Morgan fingerprint density at radius 3 is 2.38 bits per heavy atom. The molecular formula is C22H28ClN3O3. The van der Waals surface area contributed by atoms with E-state index in [9.17, 15) is 9.59 Å². The number of nitrogens with one attached hydrogen (secondary N) is 2. The summed E-state index contributed by atoms with van der Waals surface area (Å²) in [5, 5.41) is 6.04. The molecule has 1 aromatic carbocycles. The van der Waals surface area contributed by atoms with Crippen molar-refractivity contribution in [1.29, 1.82) is 0 Å². The van der Waals surface area contributed by atoms with Gasteiger partial charge in [-0.15, -0.1) is 0 Å². The second-order valence-electron chi connectivity index (χ2n) is 7.68. The number of likely N-dealkylation sites (tertiary alicyclic amines) is 1. The lowest BCUT2D eigenvalue weighted by Crippen LogP contribution is -2.43. The average molecular weight is 418 g/mol. The second-order valence-corrected chi connectivity index (χ2v) is 8.11. The number of rotatable bonds is 6. The predicted octanol–water partition coefficient (Wildman–Crippen LogP) is 3.19. The maximum absolute atomic E-state index is 12.0. The Hall–Kier alpha value is -2.31. The quantitative estimate of drug-likeness (QED) is 0.708. The molecular weight excluding hydrogens is 390 g/mol. The monoisotopic (exact) mass is 417 g/mol. The van der Waals surface area contributed by atoms with Gasteiger partial charge in [0.2, 0.25) is 0 Å². The normalized spacial score (nSPS) is 15.3. The van der Waals surface area contributed by atoms with E-state index in [0.717, 1.165) is 49.6 Å². The minimum absolute atomic E-state index is 0.300. The third kappa shape index (κ3) is 6.34. The molecule has 0 atom stereocenters. The summed E-state index contributed by atoms with van der Waals surface area (Å²) >= 11 is 5.84. The third-order valence-corrected chi connectivity index (χ3v) is 5.62. The maximum Gasteiger partial charge on any atom is 0.309 e. The van der Waals surface area contributed by atoms with E-state index in [0.29, 0.717) is 24.0 Å². The van der Waals surface area contributed by atoms with Crippen LogP contribution in [0.2, 0.25) is 5.02 Å². The van der Waals surface area contributed by atoms with Crippen LogP contribution in [0.15, 0.2) is 34.7 Å². The molecule has 6 nitrogen and oxygen atoms in total. The first kappa shape index (κ1) is 21.4. The molecule has 0 unspecified atom stereocenters. The van der Waals surface area contributed by atoms with Gasteiger partial charge in [0.1, 0.15) is 11.5 Å². The summed E-state index contributed by atoms with van der Waals surface area (Å²) in [6, 6.07) is 9.25. The van der Waals surface area contributed by atoms with Gasteiger partial charge in [-0.05, 0) is 69.5 Å². The molecule has 0 aliphatic carbocycles. The number of amides is 2. The molecule has 0 spiro atoms. The molecule has 2 heterocycles. The van der Waals surface area contributed by atoms with Gasteiger partial charge < -0.3 is 15.1 Å². The standard InChI is InChI=1S/C22H28ClN3O3/c1-15-11-19(16(2)29-15)14-26-9-7-18(8-10-26)13-25-22(28)21(27)24-12-17-3-5-20(23)6-4-17/h3-6,11,18H,7-10,12-14H2,1-2H3,(H,24,27)(H,25,28). The van der Waals surface area contributed by atoms with Crippen molar-refractivity contribution in [2.45, 2.75) is 39.8 Å². The number of carbonyl (C=O) groups excluding carboxylic acids is 2. The van der Waals surface area contributed by atoms with E-state index in [1.807, 2.05) is 26.0 Å². The van der Waals surface area contributed by atoms with Gasteiger partial charge in [0, 0.05) is 30.2 Å². The van der Waals surface area contributed by atoms with E-state index < -0.39 is 11.8 Å². The number of aryl methyl sites for hydroxylation is 2. The first-order valence-electron chi connectivity index (χ1n) is 9.99. The van der Waals surface area contributed by atoms with E-state index in [1.54, 1.807) is 12.1 Å². The van der Waals surface area contributed by atoms with Crippen LogP contribution in [-0.4, -0.2) is 36.3 Å². The van der Waals surface area contributed by atoms with Gasteiger partial charge >= 0.3 is 11.8 Å². The lowest BCUT2D eigenvalue weighted by atomic mass is 9.96. The van der Waals surface area contributed by atoms with Crippen molar-refractivity contribution in [2.24, 2.45) is 5.92 Å². The summed E-state index contributed by atoms with van der Waals surface area (Å²) in [6.07, 6.45) is 2.01. The van der Waals surface area contributed by atoms with Crippen LogP contribution < -0.4 is 10.6 Å². The van der Waals surface area contributed by atoms with E-state index in [1.165, 1.54) is 5.56 Å². The molecule has 0 bridgehead atoms. The Morgan fingerprint density at radius 1 is 1.10 bits per heavy atom. The fourth-order valence-electron chi connectivity index (χ4n) is 3.61. The van der Waals surface area contributed by atoms with Crippen LogP contribution in [0, 0.1) is 19.8 Å². The van der Waals surface area contributed by atoms with Crippen molar-refractivity contribution < 1.29 is 14.0 Å². The number of benzene rings is 1. The first-order chi connectivity index (χ1) is 13.9. The molecule has 0 radical (unpaired) electrons. The van der Waals surface area contributed by atoms with Crippen molar-refractivity contribution in [3.8, 4) is 0 Å². The highest BCUT2D eigenvalue weighted by atomic mass is 35.5. The summed E-state index contributed by atoms with van der Waals surface area (Å²) in [4.78, 5) is 26.4. The molecule has 1 aliphatic rings. The molecule has 3 rings (SSSR count). The van der Waals surface area contributed by atoms with E-state index >= 15 is 0 Å². The molecule has 0 saturated carbocycles. The molecule has 1 aliphatic heterocycles. The fourth-order valence-corrected chi connectivity index (χ4v) is 3.74. The molecule has 1 fully saturated rings. The van der Waals surface area contributed by atoms with Crippen LogP contribution in [0.1, 0.15) is 35.5 Å². The number of piperidine rings is 1. The smallest absolute Gasteiger partial charge is 0.309 e. The topological polar surface area (TPSA) is 74.6 Å². The van der Waals surface area contributed by atoms with Gasteiger partial charge in [0.05, 0.1) is 0 Å². The van der Waals surface area contributed by atoms with Gasteiger partial charge in [-0.25, -0.2) is 0 Å². The lowest BCUT2D eigenvalue weighted by Gasteiger charge is -2.31. The van der Waals surface area contributed by atoms with E-state index in [4.69, 9.17) is 16.0 Å². The molecule has 156 valence electrons. The van der Waals surface area contributed by atoms with E-state index in [-0.39, 0.29) is 0 Å². The van der Waals surface area contributed by atoms with Crippen molar-refractivity contribution in [2.75, 3.05) is 19.6 Å². The highest BCUT2D eigenvalue weighted by molar-refractivity contribution is 6.35. The van der Waals surface area contributed by atoms with Gasteiger partial charge in [0.25, 0.3) is 0 Å². The molecule has 2 amide bonds. The van der Waals surface area contributed by atoms with Crippen LogP contribution in [0.25, 0.3) is 0 Å². The molecule has 1 aromatic heterocycles. The summed E-state index contributed by atoms with van der Waals surface area (Å²) < 4.78 is 5.60. The van der Waals surface area contributed by atoms with Gasteiger partial charge in [-0.3, -0.25) is 14.5 Å². The van der Waals surface area contributed by atoms with Gasteiger partial charge in [0.15, 0.2) is 0 Å². The zero-order chi connectivity index (χ0) is 20.8. The summed E-state index contributed by atoms with van der Waals surface area (Å²) in [6.45, 7) is 7.66. The van der Waals surface area contributed by atoms with Crippen LogP contribution in [0.5, 0.6) is 0 Å². The number of carbonyl (C=O) groups is 2. The molecule has 1 saturated heterocycles. The number of nitrogens with zero attached hydrogens (tertiary/aromatic N) is 1. The Balaban J connectivity index is 1.35. The maximum atomic E-state index is 12.0. The van der Waals surface area contributed by atoms with Gasteiger partial charge in [-0.2, -0.15) is 0 Å².